The number of aromatic nitrogens is 5. The molecule has 1 amide bonds. The summed E-state index contributed by atoms with van der Waals surface area (Å²) in [4.78, 5) is 23.9. The molecule has 0 spiro atoms. The molecule has 2 fully saturated rings. The van der Waals surface area contributed by atoms with E-state index in [2.05, 4.69) is 67.1 Å². The molecular formula is C28H26N6O. The van der Waals surface area contributed by atoms with Crippen molar-refractivity contribution in [1.29, 1.82) is 0 Å². The topological polar surface area (TPSA) is 79.7 Å². The van der Waals surface area contributed by atoms with Gasteiger partial charge in [-0.15, -0.1) is 0 Å². The monoisotopic (exact) mass is 462 g/mol. The normalized spacial score (nSPS) is 18.1. The highest BCUT2D eigenvalue weighted by molar-refractivity contribution is 5.85. The lowest BCUT2D eigenvalue weighted by Crippen LogP contribution is -2.30. The van der Waals surface area contributed by atoms with Gasteiger partial charge in [0.05, 0.1) is 23.4 Å². The van der Waals surface area contributed by atoms with Gasteiger partial charge in [-0.05, 0) is 48.4 Å². The average molecular weight is 463 g/mol. The van der Waals surface area contributed by atoms with E-state index in [1.165, 1.54) is 0 Å². The summed E-state index contributed by atoms with van der Waals surface area (Å²) in [6, 6.07) is 17.0. The zero-order valence-electron chi connectivity index (χ0n) is 19.4. The molecule has 1 saturated carbocycles. The minimum atomic E-state index is 0.289. The van der Waals surface area contributed by atoms with E-state index in [-0.39, 0.29) is 5.92 Å². The third-order valence-electron chi connectivity index (χ3n) is 7.43. The van der Waals surface area contributed by atoms with E-state index in [1.54, 1.807) is 0 Å². The molecule has 0 radical (unpaired) electrons. The van der Waals surface area contributed by atoms with Gasteiger partial charge in [-0.1, -0.05) is 36.4 Å². The number of nitrogens with one attached hydrogen (secondary N) is 1. The summed E-state index contributed by atoms with van der Waals surface area (Å²) in [5, 5.41) is 8.28. The average Bonchev–Trinajstić information content (AvgIpc) is 3.30. The van der Waals surface area contributed by atoms with E-state index >= 15 is 0 Å². The Hall–Kier alpha value is -4.00. The van der Waals surface area contributed by atoms with Gasteiger partial charge < -0.3 is 9.47 Å². The van der Waals surface area contributed by atoms with Gasteiger partial charge in [-0.25, -0.2) is 4.98 Å². The van der Waals surface area contributed by atoms with Crippen molar-refractivity contribution in [2.45, 2.75) is 25.8 Å². The van der Waals surface area contributed by atoms with Gasteiger partial charge in [0, 0.05) is 42.7 Å². The minimum absolute atomic E-state index is 0.289. The Morgan fingerprint density at radius 2 is 1.80 bits per heavy atom. The fourth-order valence-corrected chi connectivity index (χ4v) is 5.34. The van der Waals surface area contributed by atoms with Crippen molar-refractivity contribution in [2.75, 3.05) is 13.1 Å². The molecule has 1 unspecified atom stereocenters. The van der Waals surface area contributed by atoms with Crippen LogP contribution in [0, 0.1) is 11.8 Å². The number of carbonyl (C=O) groups excluding carboxylic acids is 1. The molecule has 7 rings (SSSR count). The van der Waals surface area contributed by atoms with Crippen molar-refractivity contribution < 1.29 is 4.79 Å². The number of H-pyrrole nitrogens is 1. The Labute approximate surface area is 202 Å². The van der Waals surface area contributed by atoms with Crippen LogP contribution in [0.25, 0.3) is 44.5 Å². The number of likely N-dealkylation sites (tertiary alicyclic amines) is 1. The standard InChI is InChI=1S/C28H26N6O/c35-28(21-5-6-21)33-12-10-18(16-33)17-34-26-9-11-29-15-25(26)31-27(34)20-3-1-19(2-4-20)22-7-8-23-14-30-32-24(23)13-22/h1-4,7-9,11,13-15,18,21H,5-6,10,12,16-17H2,(H,30,32). The van der Waals surface area contributed by atoms with Crippen LogP contribution < -0.4 is 0 Å². The highest BCUT2D eigenvalue weighted by Gasteiger charge is 2.36. The molecule has 174 valence electrons. The first-order valence-electron chi connectivity index (χ1n) is 12.4. The third kappa shape index (κ3) is 3.67. The zero-order chi connectivity index (χ0) is 23.4. The van der Waals surface area contributed by atoms with Crippen molar-refractivity contribution in [1.82, 2.24) is 29.6 Å². The van der Waals surface area contributed by atoms with Gasteiger partial charge in [-0.2, -0.15) is 5.10 Å². The van der Waals surface area contributed by atoms with E-state index in [0.29, 0.717) is 11.8 Å². The first-order valence-corrected chi connectivity index (χ1v) is 12.4. The second-order valence-corrected chi connectivity index (χ2v) is 9.87. The van der Waals surface area contributed by atoms with Crippen LogP contribution in [0.3, 0.4) is 0 Å². The number of nitrogens with zero attached hydrogens (tertiary/aromatic N) is 5. The number of carbonyl (C=O) groups is 1. The summed E-state index contributed by atoms with van der Waals surface area (Å²) >= 11 is 0. The van der Waals surface area contributed by atoms with E-state index in [0.717, 1.165) is 83.3 Å². The van der Waals surface area contributed by atoms with Gasteiger partial charge in [0.1, 0.15) is 11.3 Å². The van der Waals surface area contributed by atoms with E-state index in [4.69, 9.17) is 4.98 Å². The van der Waals surface area contributed by atoms with Crippen molar-refractivity contribution in [2.24, 2.45) is 11.8 Å². The van der Waals surface area contributed by atoms with Crippen molar-refractivity contribution >= 4 is 27.8 Å². The Morgan fingerprint density at radius 3 is 2.66 bits per heavy atom. The molecule has 1 aliphatic carbocycles. The lowest BCUT2D eigenvalue weighted by Gasteiger charge is -2.18. The number of hydrogen-bond acceptors (Lipinski definition) is 4. The minimum Gasteiger partial charge on any atom is -0.342 e. The second-order valence-electron chi connectivity index (χ2n) is 9.87. The summed E-state index contributed by atoms with van der Waals surface area (Å²) in [5.74, 6) is 2.03. The number of amides is 1. The highest BCUT2D eigenvalue weighted by Crippen LogP contribution is 2.34. The molecule has 2 aliphatic rings. The van der Waals surface area contributed by atoms with Crippen molar-refractivity contribution in [3.8, 4) is 22.5 Å². The number of rotatable bonds is 5. The van der Waals surface area contributed by atoms with E-state index in [9.17, 15) is 4.79 Å². The molecule has 3 aromatic heterocycles. The van der Waals surface area contributed by atoms with Crippen LogP contribution in [0.2, 0.25) is 0 Å². The Morgan fingerprint density at radius 1 is 0.971 bits per heavy atom. The van der Waals surface area contributed by atoms with Gasteiger partial charge in [0.2, 0.25) is 5.91 Å². The summed E-state index contributed by atoms with van der Waals surface area (Å²) in [7, 11) is 0. The third-order valence-corrected chi connectivity index (χ3v) is 7.43. The quantitative estimate of drug-likeness (QED) is 0.403. The lowest BCUT2D eigenvalue weighted by atomic mass is 10.0. The number of pyridine rings is 1. The SMILES string of the molecule is O=C(C1CC1)N1CCC(Cn2c(-c3ccc(-c4ccc5cn[nH]c5c4)cc3)nc3cnccc32)C1. The molecule has 1 aliphatic heterocycles. The van der Waals surface area contributed by atoms with E-state index in [1.807, 2.05) is 24.7 Å². The molecule has 4 heterocycles. The van der Waals surface area contributed by atoms with Crippen LogP contribution in [-0.2, 0) is 11.3 Å². The first-order chi connectivity index (χ1) is 17.2. The zero-order valence-corrected chi connectivity index (χ0v) is 19.4. The van der Waals surface area contributed by atoms with Crippen molar-refractivity contribution in [3.63, 3.8) is 0 Å². The van der Waals surface area contributed by atoms with Gasteiger partial charge in [0.15, 0.2) is 0 Å². The molecule has 7 heteroatoms. The van der Waals surface area contributed by atoms with Crippen LogP contribution in [0.15, 0.2) is 67.1 Å². The number of hydrogen-bond donors (Lipinski definition) is 1. The Balaban J connectivity index is 1.19. The van der Waals surface area contributed by atoms with Crippen LogP contribution >= 0.6 is 0 Å². The smallest absolute Gasteiger partial charge is 0.225 e. The van der Waals surface area contributed by atoms with Gasteiger partial charge >= 0.3 is 0 Å². The lowest BCUT2D eigenvalue weighted by molar-refractivity contribution is -0.131. The van der Waals surface area contributed by atoms with Crippen LogP contribution in [0.4, 0.5) is 0 Å². The summed E-state index contributed by atoms with van der Waals surface area (Å²) in [6.45, 7) is 2.57. The maximum Gasteiger partial charge on any atom is 0.225 e. The highest BCUT2D eigenvalue weighted by atomic mass is 16.2. The molecule has 1 atom stereocenters. The van der Waals surface area contributed by atoms with Crippen molar-refractivity contribution in [3.05, 3.63) is 67.1 Å². The summed E-state index contributed by atoms with van der Waals surface area (Å²) < 4.78 is 2.32. The molecular weight excluding hydrogens is 436 g/mol. The molecule has 35 heavy (non-hydrogen) atoms. The van der Waals surface area contributed by atoms with Crippen LogP contribution in [0.5, 0.6) is 0 Å². The van der Waals surface area contributed by atoms with Crippen LogP contribution in [-0.4, -0.2) is 48.6 Å². The number of fused-ring (bicyclic) bond motifs is 2. The predicted molar refractivity (Wildman–Crippen MR) is 135 cm³/mol. The molecule has 1 N–H and O–H groups in total. The molecule has 5 aromatic rings. The van der Waals surface area contributed by atoms with E-state index < -0.39 is 0 Å². The predicted octanol–water partition coefficient (Wildman–Crippen LogP) is 4.90. The Kier molecular flexibility index (Phi) is 4.68. The fraction of sp³-hybridized carbons (Fsp3) is 0.286. The summed E-state index contributed by atoms with van der Waals surface area (Å²) in [5.41, 5.74) is 6.41. The molecule has 0 bridgehead atoms. The number of imidazole rings is 1. The first kappa shape index (κ1) is 20.4. The van der Waals surface area contributed by atoms with Gasteiger partial charge in [-0.3, -0.25) is 14.9 Å². The Bertz CT molecular complexity index is 1550. The maximum atomic E-state index is 12.6. The maximum absolute atomic E-state index is 12.6. The molecule has 1 saturated heterocycles. The number of aromatic amines is 1. The fourth-order valence-electron chi connectivity index (χ4n) is 5.34. The summed E-state index contributed by atoms with van der Waals surface area (Å²) in [6.07, 6.45) is 8.67. The molecule has 2 aromatic carbocycles. The van der Waals surface area contributed by atoms with Crippen LogP contribution in [0.1, 0.15) is 19.3 Å². The second kappa shape index (κ2) is 8.05. The largest absolute Gasteiger partial charge is 0.342 e. The number of benzene rings is 2. The van der Waals surface area contributed by atoms with Gasteiger partial charge in [0.25, 0.3) is 0 Å². The molecule has 7 nitrogen and oxygen atoms in total.